The van der Waals surface area contributed by atoms with Gasteiger partial charge in [0.05, 0.1) is 13.2 Å². The van der Waals surface area contributed by atoms with Crippen molar-refractivity contribution in [3.05, 3.63) is 42.2 Å². The number of rotatable bonds is 3. The summed E-state index contributed by atoms with van der Waals surface area (Å²) in [6.45, 7) is 7.73. The van der Waals surface area contributed by atoms with Crippen molar-refractivity contribution < 1.29 is 9.53 Å². The van der Waals surface area contributed by atoms with Crippen LogP contribution in [0.15, 0.2) is 36.5 Å². The predicted molar refractivity (Wildman–Crippen MR) is 102 cm³/mol. The summed E-state index contributed by atoms with van der Waals surface area (Å²) in [6, 6.07) is 10.5. The molecule has 2 aliphatic rings. The number of amides is 1. The number of morpholine rings is 1. The van der Waals surface area contributed by atoms with Gasteiger partial charge in [-0.25, -0.2) is 0 Å². The Morgan fingerprint density at radius 2 is 1.81 bits per heavy atom. The highest BCUT2D eigenvalue weighted by Gasteiger charge is 2.30. The molecule has 26 heavy (non-hydrogen) atoms. The highest BCUT2D eigenvalue weighted by atomic mass is 16.5. The lowest BCUT2D eigenvalue weighted by molar-refractivity contribution is -0.000985. The molecular weight excluding hydrogens is 326 g/mol. The lowest BCUT2D eigenvalue weighted by Crippen LogP contribution is -2.49. The second kappa shape index (κ2) is 7.72. The summed E-state index contributed by atoms with van der Waals surface area (Å²) in [5.41, 5.74) is 0.559. The molecule has 5 heteroatoms. The second-order valence-corrected chi connectivity index (χ2v) is 7.44. The van der Waals surface area contributed by atoms with Gasteiger partial charge in [0.1, 0.15) is 5.69 Å². The zero-order valence-electron chi connectivity index (χ0n) is 15.4. The van der Waals surface area contributed by atoms with E-state index in [1.807, 2.05) is 35.2 Å². The fraction of sp³-hybridized carbons (Fsp3) is 0.524. The number of ether oxygens (including phenoxy) is 1. The molecule has 2 fully saturated rings. The standard InChI is InChI=1S/C21H27N3O2/c1-16(23-10-12-26-13-11-23)17-6-8-24(9-7-17)21(25)20-14-18-4-2-3-5-19(18)15-22-20/h2-5,14-17H,6-13H2,1H3. The van der Waals surface area contributed by atoms with Crippen molar-refractivity contribution in [3.8, 4) is 0 Å². The minimum absolute atomic E-state index is 0.0632. The van der Waals surface area contributed by atoms with Gasteiger partial charge in [0.25, 0.3) is 5.91 Å². The number of aromatic nitrogens is 1. The lowest BCUT2D eigenvalue weighted by Gasteiger charge is -2.41. The third kappa shape index (κ3) is 3.60. The Kier molecular flexibility index (Phi) is 5.18. The molecule has 1 unspecified atom stereocenters. The summed E-state index contributed by atoms with van der Waals surface area (Å²) in [7, 11) is 0. The van der Waals surface area contributed by atoms with Crippen LogP contribution in [0, 0.1) is 5.92 Å². The van der Waals surface area contributed by atoms with Gasteiger partial charge in [0, 0.05) is 43.8 Å². The molecule has 0 N–H and O–H groups in total. The minimum atomic E-state index is 0.0632. The SMILES string of the molecule is CC(C1CCN(C(=O)c2cc3ccccc3cn2)CC1)N1CCOCC1. The van der Waals surface area contributed by atoms with Crippen LogP contribution in [0.25, 0.3) is 10.8 Å². The molecule has 2 saturated heterocycles. The van der Waals surface area contributed by atoms with E-state index >= 15 is 0 Å². The summed E-state index contributed by atoms with van der Waals surface area (Å²) in [6.07, 6.45) is 3.94. The zero-order chi connectivity index (χ0) is 17.9. The summed E-state index contributed by atoms with van der Waals surface area (Å²) in [5.74, 6) is 0.718. The number of hydrogen-bond donors (Lipinski definition) is 0. The Bertz CT molecular complexity index is 765. The van der Waals surface area contributed by atoms with Crippen LogP contribution >= 0.6 is 0 Å². The molecule has 3 heterocycles. The van der Waals surface area contributed by atoms with Crippen molar-refractivity contribution in [2.75, 3.05) is 39.4 Å². The van der Waals surface area contributed by atoms with Gasteiger partial charge in [-0.1, -0.05) is 24.3 Å². The van der Waals surface area contributed by atoms with Gasteiger partial charge in [-0.15, -0.1) is 0 Å². The second-order valence-electron chi connectivity index (χ2n) is 7.44. The average molecular weight is 353 g/mol. The van der Waals surface area contributed by atoms with Gasteiger partial charge in [-0.05, 0) is 37.1 Å². The van der Waals surface area contributed by atoms with E-state index in [2.05, 4.69) is 16.8 Å². The molecule has 0 bridgehead atoms. The van der Waals surface area contributed by atoms with Crippen molar-refractivity contribution in [1.82, 2.24) is 14.8 Å². The first-order valence-corrected chi connectivity index (χ1v) is 9.68. The van der Waals surface area contributed by atoms with E-state index in [0.717, 1.165) is 63.0 Å². The van der Waals surface area contributed by atoms with Crippen molar-refractivity contribution in [2.45, 2.75) is 25.8 Å². The van der Waals surface area contributed by atoms with E-state index in [0.29, 0.717) is 17.7 Å². The number of carbonyl (C=O) groups is 1. The molecular formula is C21H27N3O2. The molecule has 1 aromatic carbocycles. The first kappa shape index (κ1) is 17.4. The molecule has 1 atom stereocenters. The highest BCUT2D eigenvalue weighted by molar-refractivity contribution is 5.96. The normalized spacial score (nSPS) is 21.0. The van der Waals surface area contributed by atoms with E-state index in [1.54, 1.807) is 6.20 Å². The number of likely N-dealkylation sites (tertiary alicyclic amines) is 1. The van der Waals surface area contributed by atoms with Crippen LogP contribution in [-0.4, -0.2) is 66.1 Å². The smallest absolute Gasteiger partial charge is 0.272 e. The van der Waals surface area contributed by atoms with Crippen LogP contribution in [0.2, 0.25) is 0 Å². The molecule has 138 valence electrons. The number of piperidine rings is 1. The Balaban J connectivity index is 1.38. The summed E-state index contributed by atoms with van der Waals surface area (Å²) in [4.78, 5) is 21.8. The van der Waals surface area contributed by atoms with Gasteiger partial charge < -0.3 is 9.64 Å². The van der Waals surface area contributed by atoms with Crippen LogP contribution in [0.1, 0.15) is 30.3 Å². The van der Waals surface area contributed by atoms with Crippen molar-refractivity contribution in [3.63, 3.8) is 0 Å². The number of pyridine rings is 1. The van der Waals surface area contributed by atoms with Crippen LogP contribution < -0.4 is 0 Å². The lowest BCUT2D eigenvalue weighted by atomic mass is 9.89. The van der Waals surface area contributed by atoms with E-state index in [4.69, 9.17) is 4.74 Å². The van der Waals surface area contributed by atoms with E-state index < -0.39 is 0 Å². The number of fused-ring (bicyclic) bond motifs is 1. The molecule has 5 nitrogen and oxygen atoms in total. The Morgan fingerprint density at radius 3 is 2.54 bits per heavy atom. The molecule has 2 aliphatic heterocycles. The number of carbonyl (C=O) groups excluding carboxylic acids is 1. The van der Waals surface area contributed by atoms with Crippen molar-refractivity contribution >= 4 is 16.7 Å². The Hall–Kier alpha value is -1.98. The average Bonchev–Trinajstić information content (AvgIpc) is 2.73. The van der Waals surface area contributed by atoms with Crippen LogP contribution in [0.5, 0.6) is 0 Å². The molecule has 2 aromatic rings. The third-order valence-electron chi connectivity index (χ3n) is 5.98. The van der Waals surface area contributed by atoms with E-state index in [-0.39, 0.29) is 5.91 Å². The summed E-state index contributed by atoms with van der Waals surface area (Å²) in [5, 5.41) is 2.14. The van der Waals surface area contributed by atoms with Crippen LogP contribution in [-0.2, 0) is 4.74 Å². The fourth-order valence-electron chi connectivity index (χ4n) is 4.23. The topological polar surface area (TPSA) is 45.7 Å². The molecule has 0 radical (unpaired) electrons. The maximum absolute atomic E-state index is 12.9. The van der Waals surface area contributed by atoms with Crippen LogP contribution in [0.3, 0.4) is 0 Å². The van der Waals surface area contributed by atoms with Gasteiger partial charge in [0.2, 0.25) is 0 Å². The number of nitrogens with zero attached hydrogens (tertiary/aromatic N) is 3. The molecule has 4 rings (SSSR count). The molecule has 1 amide bonds. The quantitative estimate of drug-likeness (QED) is 0.851. The predicted octanol–water partition coefficient (Wildman–Crippen LogP) is 2.81. The van der Waals surface area contributed by atoms with Crippen LogP contribution in [0.4, 0.5) is 0 Å². The van der Waals surface area contributed by atoms with Gasteiger partial charge in [-0.3, -0.25) is 14.7 Å². The number of hydrogen-bond acceptors (Lipinski definition) is 4. The molecule has 1 aromatic heterocycles. The molecule has 0 saturated carbocycles. The van der Waals surface area contributed by atoms with Crippen molar-refractivity contribution in [1.29, 1.82) is 0 Å². The maximum Gasteiger partial charge on any atom is 0.272 e. The largest absolute Gasteiger partial charge is 0.379 e. The van der Waals surface area contributed by atoms with E-state index in [1.165, 1.54) is 0 Å². The Labute approximate surface area is 154 Å². The van der Waals surface area contributed by atoms with Gasteiger partial charge in [-0.2, -0.15) is 0 Å². The first-order valence-electron chi connectivity index (χ1n) is 9.68. The maximum atomic E-state index is 12.9. The minimum Gasteiger partial charge on any atom is -0.379 e. The summed E-state index contributed by atoms with van der Waals surface area (Å²) >= 11 is 0. The zero-order valence-corrected chi connectivity index (χ0v) is 15.4. The first-order chi connectivity index (χ1) is 12.7. The van der Waals surface area contributed by atoms with Gasteiger partial charge in [0.15, 0.2) is 0 Å². The molecule has 0 spiro atoms. The monoisotopic (exact) mass is 353 g/mol. The van der Waals surface area contributed by atoms with E-state index in [9.17, 15) is 4.79 Å². The Morgan fingerprint density at radius 1 is 1.12 bits per heavy atom. The highest BCUT2D eigenvalue weighted by Crippen LogP contribution is 2.25. The number of benzene rings is 1. The van der Waals surface area contributed by atoms with Crippen molar-refractivity contribution in [2.24, 2.45) is 5.92 Å². The third-order valence-corrected chi connectivity index (χ3v) is 5.98. The fourth-order valence-corrected chi connectivity index (χ4v) is 4.23. The van der Waals surface area contributed by atoms with Gasteiger partial charge >= 0.3 is 0 Å². The summed E-state index contributed by atoms with van der Waals surface area (Å²) < 4.78 is 5.46. The molecule has 0 aliphatic carbocycles.